The van der Waals surface area contributed by atoms with Gasteiger partial charge in [0.1, 0.15) is 0 Å². The summed E-state index contributed by atoms with van der Waals surface area (Å²) < 4.78 is 0. The van der Waals surface area contributed by atoms with Crippen LogP contribution in [0.5, 0.6) is 0 Å². The Hall–Kier alpha value is -1.13. The average Bonchev–Trinajstić information content (AvgIpc) is 2.87. The number of hydrogen-bond donors (Lipinski definition) is 1. The summed E-state index contributed by atoms with van der Waals surface area (Å²) in [6.07, 6.45) is 1.13. The minimum Gasteiger partial charge on any atom is -0.399 e. The van der Waals surface area contributed by atoms with Crippen LogP contribution in [-0.2, 0) is 13.0 Å². The highest BCUT2D eigenvalue weighted by Gasteiger charge is 2.18. The van der Waals surface area contributed by atoms with Crippen LogP contribution in [0.2, 0.25) is 0 Å². The molecule has 0 fully saturated rings. The quantitative estimate of drug-likeness (QED) is 0.866. The Morgan fingerprint density at radius 2 is 2.05 bits per heavy atom. The summed E-state index contributed by atoms with van der Waals surface area (Å²) in [5.74, 6) is 1.16. The van der Waals surface area contributed by atoms with Gasteiger partial charge in [0.15, 0.2) is 0 Å². The van der Waals surface area contributed by atoms with E-state index >= 15 is 0 Å². The number of benzene rings is 1. The van der Waals surface area contributed by atoms with Crippen molar-refractivity contribution >= 4 is 34.5 Å². The van der Waals surface area contributed by atoms with E-state index in [2.05, 4.69) is 36.1 Å². The van der Waals surface area contributed by atoms with Gasteiger partial charge in [-0.25, -0.2) is 0 Å². The Morgan fingerprint density at radius 3 is 2.84 bits per heavy atom. The number of nitrogens with zero attached hydrogens (tertiary/aromatic N) is 1. The zero-order valence-electron chi connectivity index (χ0n) is 11.1. The Bertz CT molecular complexity index is 577. The molecule has 2 nitrogen and oxygen atoms in total. The first-order valence-corrected chi connectivity index (χ1v) is 8.41. The zero-order chi connectivity index (χ0) is 13.2. The monoisotopic (exact) mass is 290 g/mol. The van der Waals surface area contributed by atoms with E-state index < -0.39 is 0 Å². The molecule has 1 aromatic carbocycles. The predicted octanol–water partition coefficient (Wildman–Crippen LogP) is 4.01. The number of anilines is 2. The molecule has 2 N–H and O–H groups in total. The number of rotatable bonds is 3. The topological polar surface area (TPSA) is 29.3 Å². The number of aryl methyl sites for hydroxylation is 1. The van der Waals surface area contributed by atoms with Crippen molar-refractivity contribution in [1.29, 1.82) is 0 Å². The maximum Gasteiger partial charge on any atom is 0.0528 e. The summed E-state index contributed by atoms with van der Waals surface area (Å²) in [5.41, 5.74) is 8.08. The van der Waals surface area contributed by atoms with E-state index in [1.54, 1.807) is 0 Å². The number of hydrogen-bond acceptors (Lipinski definition) is 4. The van der Waals surface area contributed by atoms with Gasteiger partial charge in [0.05, 0.1) is 12.2 Å². The van der Waals surface area contributed by atoms with Crippen LogP contribution in [0.3, 0.4) is 0 Å². The van der Waals surface area contributed by atoms with E-state index in [9.17, 15) is 0 Å². The van der Waals surface area contributed by atoms with Crippen molar-refractivity contribution in [2.24, 2.45) is 0 Å². The Labute approximate surface area is 122 Å². The van der Waals surface area contributed by atoms with Crippen LogP contribution in [0.25, 0.3) is 0 Å². The molecule has 1 aromatic heterocycles. The maximum absolute atomic E-state index is 5.93. The van der Waals surface area contributed by atoms with Crippen LogP contribution in [-0.4, -0.2) is 12.3 Å². The van der Waals surface area contributed by atoms with Crippen LogP contribution in [0.4, 0.5) is 11.4 Å². The van der Waals surface area contributed by atoms with Crippen molar-refractivity contribution < 1.29 is 0 Å². The number of fused-ring (bicyclic) bond motifs is 1. The molecule has 0 atom stereocenters. The normalized spacial score (nSPS) is 14.5. The van der Waals surface area contributed by atoms with E-state index in [1.165, 1.54) is 20.3 Å². The number of thioether (sulfide) groups is 1. The number of nitrogen functional groups attached to an aromatic ring is 1. The molecule has 0 unspecified atom stereocenters. The number of nitrogens with two attached hydrogens (primary N) is 1. The molecule has 2 aromatic rings. The third kappa shape index (κ3) is 2.74. The lowest BCUT2D eigenvalue weighted by atomic mass is 10.2. The third-order valence-corrected chi connectivity index (χ3v) is 5.61. The molecular weight excluding hydrogens is 272 g/mol. The van der Waals surface area contributed by atoms with Gasteiger partial charge >= 0.3 is 0 Å². The van der Waals surface area contributed by atoms with Gasteiger partial charge in [-0.3, -0.25) is 0 Å². The van der Waals surface area contributed by atoms with Crippen LogP contribution >= 0.6 is 23.1 Å². The lowest BCUT2D eigenvalue weighted by molar-refractivity contribution is 0.827. The molecule has 2 heterocycles. The summed E-state index contributed by atoms with van der Waals surface area (Å²) in [6, 6.07) is 10.8. The molecule has 3 rings (SSSR count). The SMILES string of the molecule is CCc1ccc(CN2CCSc3ccc(N)cc32)s1. The summed E-state index contributed by atoms with van der Waals surface area (Å²) >= 11 is 3.85. The lowest BCUT2D eigenvalue weighted by Gasteiger charge is -2.30. The Kier molecular flexibility index (Phi) is 3.71. The Balaban J connectivity index is 1.84. The van der Waals surface area contributed by atoms with Crippen LogP contribution in [0.1, 0.15) is 16.7 Å². The summed E-state index contributed by atoms with van der Waals surface area (Å²) in [7, 11) is 0. The highest BCUT2D eigenvalue weighted by Crippen LogP contribution is 2.37. The smallest absolute Gasteiger partial charge is 0.0528 e. The molecule has 0 aliphatic carbocycles. The molecule has 0 spiro atoms. The van der Waals surface area contributed by atoms with Gasteiger partial charge in [-0.2, -0.15) is 0 Å². The van der Waals surface area contributed by atoms with Gasteiger partial charge in [-0.1, -0.05) is 6.92 Å². The van der Waals surface area contributed by atoms with Crippen LogP contribution < -0.4 is 10.6 Å². The van der Waals surface area contributed by atoms with Crippen LogP contribution in [0, 0.1) is 0 Å². The largest absolute Gasteiger partial charge is 0.399 e. The van der Waals surface area contributed by atoms with Gasteiger partial charge in [0, 0.05) is 32.6 Å². The molecule has 4 heteroatoms. The average molecular weight is 290 g/mol. The second-order valence-electron chi connectivity index (χ2n) is 4.72. The van der Waals surface area contributed by atoms with E-state index in [1.807, 2.05) is 29.2 Å². The van der Waals surface area contributed by atoms with Crippen molar-refractivity contribution in [3.63, 3.8) is 0 Å². The highest BCUT2D eigenvalue weighted by molar-refractivity contribution is 7.99. The van der Waals surface area contributed by atoms with Crippen molar-refractivity contribution in [3.05, 3.63) is 40.1 Å². The lowest BCUT2D eigenvalue weighted by Crippen LogP contribution is -2.28. The molecule has 0 saturated carbocycles. The van der Waals surface area contributed by atoms with Crippen LogP contribution in [0.15, 0.2) is 35.2 Å². The molecule has 0 bridgehead atoms. The molecule has 19 heavy (non-hydrogen) atoms. The van der Waals surface area contributed by atoms with Gasteiger partial charge in [-0.05, 0) is 36.8 Å². The molecule has 100 valence electrons. The predicted molar refractivity (Wildman–Crippen MR) is 86.3 cm³/mol. The fourth-order valence-corrected chi connectivity index (χ4v) is 4.34. The Morgan fingerprint density at radius 1 is 1.21 bits per heavy atom. The van der Waals surface area contributed by atoms with Crippen molar-refractivity contribution in [1.82, 2.24) is 0 Å². The number of thiophene rings is 1. The molecule has 0 saturated heterocycles. The standard InChI is InChI=1S/C15H18N2S2/c1-2-12-4-5-13(19-12)10-17-7-8-18-15-6-3-11(16)9-14(15)17/h3-6,9H,2,7-8,10,16H2,1H3. The van der Waals surface area contributed by atoms with E-state index in [4.69, 9.17) is 5.73 Å². The van der Waals surface area contributed by atoms with E-state index in [0.29, 0.717) is 0 Å². The fraction of sp³-hybridized carbons (Fsp3) is 0.333. The minimum atomic E-state index is 0.853. The van der Waals surface area contributed by atoms with Gasteiger partial charge in [0.25, 0.3) is 0 Å². The first kappa shape index (κ1) is 12.9. The summed E-state index contributed by atoms with van der Waals surface area (Å²) in [6.45, 7) is 4.31. The first-order valence-electron chi connectivity index (χ1n) is 6.61. The molecule has 1 aliphatic heterocycles. The maximum atomic E-state index is 5.93. The van der Waals surface area contributed by atoms with Gasteiger partial charge in [0.2, 0.25) is 0 Å². The van der Waals surface area contributed by atoms with E-state index in [-0.39, 0.29) is 0 Å². The second-order valence-corrected chi connectivity index (χ2v) is 7.11. The van der Waals surface area contributed by atoms with E-state index in [0.717, 1.165) is 31.0 Å². The highest BCUT2D eigenvalue weighted by atomic mass is 32.2. The first-order chi connectivity index (χ1) is 9.26. The van der Waals surface area contributed by atoms with Crippen molar-refractivity contribution in [2.75, 3.05) is 22.9 Å². The second kappa shape index (κ2) is 5.47. The third-order valence-electron chi connectivity index (χ3n) is 3.35. The fourth-order valence-electron chi connectivity index (χ4n) is 2.34. The summed E-state index contributed by atoms with van der Waals surface area (Å²) in [5, 5.41) is 0. The van der Waals surface area contributed by atoms with Gasteiger partial charge in [-0.15, -0.1) is 23.1 Å². The molecule has 0 amide bonds. The molecular formula is C15H18N2S2. The molecule has 0 radical (unpaired) electrons. The van der Waals surface area contributed by atoms with Crippen molar-refractivity contribution in [3.8, 4) is 0 Å². The van der Waals surface area contributed by atoms with Gasteiger partial charge < -0.3 is 10.6 Å². The van der Waals surface area contributed by atoms with Crippen molar-refractivity contribution in [2.45, 2.75) is 24.8 Å². The minimum absolute atomic E-state index is 0.853. The zero-order valence-corrected chi connectivity index (χ0v) is 12.7. The molecule has 1 aliphatic rings. The summed E-state index contributed by atoms with van der Waals surface area (Å²) in [4.78, 5) is 6.71.